The zero-order chi connectivity index (χ0) is 15.0. The normalized spacial score (nSPS) is 25.4. The van der Waals surface area contributed by atoms with Gasteiger partial charge in [-0.3, -0.25) is 0 Å². The number of hydrogen-bond donors (Lipinski definition) is 1. The molecule has 0 aliphatic carbocycles. The molecular formula is C15H27N3O2. The maximum Gasteiger partial charge on any atom is 0.234 e. The first kappa shape index (κ1) is 15.4. The van der Waals surface area contributed by atoms with E-state index >= 15 is 0 Å². The fraction of sp³-hybridized carbons (Fsp3) is 0.867. The van der Waals surface area contributed by atoms with Crippen molar-refractivity contribution in [1.82, 2.24) is 15.5 Å². The number of ether oxygens (including phenoxy) is 1. The lowest BCUT2D eigenvalue weighted by molar-refractivity contribution is 0.00718. The van der Waals surface area contributed by atoms with Gasteiger partial charge in [0, 0.05) is 13.7 Å². The fourth-order valence-electron chi connectivity index (χ4n) is 3.02. The highest BCUT2D eigenvalue weighted by molar-refractivity contribution is 5.13. The predicted molar refractivity (Wildman–Crippen MR) is 77.5 cm³/mol. The summed E-state index contributed by atoms with van der Waals surface area (Å²) in [5.41, 5.74) is -0.101. The first-order valence-corrected chi connectivity index (χ1v) is 7.39. The lowest BCUT2D eigenvalue weighted by Crippen LogP contribution is -2.35. The van der Waals surface area contributed by atoms with Gasteiger partial charge in [0.05, 0.1) is 5.41 Å². The standard InChI is InChI=1S/C15H27N3O2/c1-10(2)15(7-8-16-9-15)13-17-12(18-20-13)11(19-6)14(3,4)5/h10-11,16H,7-9H2,1-6H3. The van der Waals surface area contributed by atoms with E-state index in [-0.39, 0.29) is 16.9 Å². The van der Waals surface area contributed by atoms with Gasteiger partial charge >= 0.3 is 0 Å². The molecule has 1 N–H and O–H groups in total. The molecule has 0 radical (unpaired) electrons. The summed E-state index contributed by atoms with van der Waals surface area (Å²) in [5.74, 6) is 1.86. The second-order valence-corrected chi connectivity index (χ2v) is 7.18. The van der Waals surface area contributed by atoms with Crippen LogP contribution in [0.1, 0.15) is 58.9 Å². The van der Waals surface area contributed by atoms with Crippen LogP contribution in [0, 0.1) is 11.3 Å². The Bertz CT molecular complexity index is 442. The third kappa shape index (κ3) is 2.61. The van der Waals surface area contributed by atoms with Gasteiger partial charge in [0.1, 0.15) is 6.10 Å². The van der Waals surface area contributed by atoms with E-state index in [1.165, 1.54) is 0 Å². The highest BCUT2D eigenvalue weighted by Crippen LogP contribution is 2.39. The molecule has 0 bridgehead atoms. The minimum Gasteiger partial charge on any atom is -0.373 e. The van der Waals surface area contributed by atoms with Gasteiger partial charge in [0.2, 0.25) is 11.7 Å². The third-order valence-electron chi connectivity index (χ3n) is 4.42. The van der Waals surface area contributed by atoms with Crippen molar-refractivity contribution in [2.24, 2.45) is 11.3 Å². The van der Waals surface area contributed by atoms with Crippen molar-refractivity contribution in [2.75, 3.05) is 20.2 Å². The van der Waals surface area contributed by atoms with E-state index in [1.807, 2.05) is 0 Å². The molecule has 1 saturated heterocycles. The van der Waals surface area contributed by atoms with Crippen LogP contribution in [0.3, 0.4) is 0 Å². The molecule has 1 aliphatic heterocycles. The van der Waals surface area contributed by atoms with Crippen molar-refractivity contribution in [3.8, 4) is 0 Å². The van der Waals surface area contributed by atoms with Crippen molar-refractivity contribution in [1.29, 1.82) is 0 Å². The third-order valence-corrected chi connectivity index (χ3v) is 4.42. The second kappa shape index (κ2) is 5.45. The lowest BCUT2D eigenvalue weighted by Gasteiger charge is -2.28. The molecule has 114 valence electrons. The van der Waals surface area contributed by atoms with Gasteiger partial charge in [-0.1, -0.05) is 39.8 Å². The second-order valence-electron chi connectivity index (χ2n) is 7.18. The molecule has 0 aromatic carbocycles. The predicted octanol–water partition coefficient (Wildman–Crippen LogP) is 2.69. The Morgan fingerprint density at radius 3 is 2.50 bits per heavy atom. The molecule has 5 nitrogen and oxygen atoms in total. The minimum absolute atomic E-state index is 0.0403. The van der Waals surface area contributed by atoms with Crippen LogP contribution < -0.4 is 5.32 Å². The van der Waals surface area contributed by atoms with E-state index in [0.29, 0.717) is 11.7 Å². The molecule has 0 saturated carbocycles. The Morgan fingerprint density at radius 2 is 2.05 bits per heavy atom. The summed E-state index contributed by atoms with van der Waals surface area (Å²) in [7, 11) is 1.70. The first-order valence-electron chi connectivity index (χ1n) is 7.39. The smallest absolute Gasteiger partial charge is 0.234 e. The molecular weight excluding hydrogens is 254 g/mol. The molecule has 2 atom stereocenters. The van der Waals surface area contributed by atoms with E-state index < -0.39 is 0 Å². The van der Waals surface area contributed by atoms with Gasteiger partial charge in [-0.05, 0) is 24.3 Å². The monoisotopic (exact) mass is 281 g/mol. The molecule has 2 unspecified atom stereocenters. The zero-order valence-electron chi connectivity index (χ0n) is 13.5. The fourth-order valence-corrected chi connectivity index (χ4v) is 3.02. The highest BCUT2D eigenvalue weighted by atomic mass is 16.5. The van der Waals surface area contributed by atoms with Crippen LogP contribution in [0.15, 0.2) is 4.52 Å². The van der Waals surface area contributed by atoms with Gasteiger partial charge in [-0.2, -0.15) is 4.98 Å². The minimum atomic E-state index is -0.154. The van der Waals surface area contributed by atoms with Gasteiger partial charge in [0.25, 0.3) is 0 Å². The van der Waals surface area contributed by atoms with Crippen LogP contribution in [0.5, 0.6) is 0 Å². The topological polar surface area (TPSA) is 60.2 Å². The molecule has 0 amide bonds. The molecule has 2 rings (SSSR count). The van der Waals surface area contributed by atoms with Crippen molar-refractivity contribution >= 4 is 0 Å². The van der Waals surface area contributed by atoms with Crippen LogP contribution >= 0.6 is 0 Å². The van der Waals surface area contributed by atoms with Gasteiger partial charge in [-0.25, -0.2) is 0 Å². The van der Waals surface area contributed by atoms with E-state index in [9.17, 15) is 0 Å². The quantitative estimate of drug-likeness (QED) is 0.919. The molecule has 1 aliphatic rings. The van der Waals surface area contributed by atoms with Gasteiger partial charge in [-0.15, -0.1) is 0 Å². The number of aromatic nitrogens is 2. The van der Waals surface area contributed by atoms with Crippen LogP contribution in [0.2, 0.25) is 0 Å². The average Bonchev–Trinajstić information content (AvgIpc) is 2.95. The summed E-state index contributed by atoms with van der Waals surface area (Å²) in [4.78, 5) is 4.68. The SMILES string of the molecule is COC(c1noc(C2(C(C)C)CCNC2)n1)C(C)(C)C. The summed E-state index contributed by atoms with van der Waals surface area (Å²) in [6, 6.07) is 0. The Hall–Kier alpha value is -0.940. The highest BCUT2D eigenvalue weighted by Gasteiger charge is 2.44. The van der Waals surface area contributed by atoms with Crippen LogP contribution in [-0.2, 0) is 10.2 Å². The maximum absolute atomic E-state index is 5.61. The Kier molecular flexibility index (Phi) is 4.21. The number of nitrogens with zero attached hydrogens (tertiary/aromatic N) is 2. The van der Waals surface area contributed by atoms with Crippen LogP contribution in [0.4, 0.5) is 0 Å². The van der Waals surface area contributed by atoms with Crippen LogP contribution in [-0.4, -0.2) is 30.3 Å². The summed E-state index contributed by atoms with van der Waals surface area (Å²) < 4.78 is 11.2. The summed E-state index contributed by atoms with van der Waals surface area (Å²) in [6.45, 7) is 12.7. The van der Waals surface area contributed by atoms with Gasteiger partial charge in [0.15, 0.2) is 0 Å². The summed E-state index contributed by atoms with van der Waals surface area (Å²) in [5, 5.41) is 7.60. The zero-order valence-corrected chi connectivity index (χ0v) is 13.5. The average molecular weight is 281 g/mol. The van der Waals surface area contributed by atoms with Crippen molar-refractivity contribution in [2.45, 2.75) is 52.6 Å². The number of rotatable bonds is 4. The Morgan fingerprint density at radius 1 is 1.35 bits per heavy atom. The largest absolute Gasteiger partial charge is 0.373 e. The van der Waals surface area contributed by atoms with Gasteiger partial charge < -0.3 is 14.6 Å². The van der Waals surface area contributed by atoms with Crippen molar-refractivity contribution in [3.05, 3.63) is 11.7 Å². The molecule has 1 aromatic rings. The molecule has 5 heteroatoms. The van der Waals surface area contributed by atoms with E-state index in [1.54, 1.807) is 7.11 Å². The van der Waals surface area contributed by atoms with Crippen molar-refractivity contribution in [3.63, 3.8) is 0 Å². The Balaban J connectivity index is 2.32. The molecule has 2 heterocycles. The Labute approximate surface area is 121 Å². The molecule has 0 spiro atoms. The van der Waals surface area contributed by atoms with E-state index in [2.05, 4.69) is 50.1 Å². The number of hydrogen-bond acceptors (Lipinski definition) is 5. The van der Waals surface area contributed by atoms with E-state index in [0.717, 1.165) is 25.4 Å². The molecule has 1 aromatic heterocycles. The van der Waals surface area contributed by atoms with Crippen molar-refractivity contribution < 1.29 is 9.26 Å². The maximum atomic E-state index is 5.61. The molecule has 1 fully saturated rings. The summed E-state index contributed by atoms with van der Waals surface area (Å²) in [6.07, 6.45) is 0.887. The summed E-state index contributed by atoms with van der Waals surface area (Å²) >= 11 is 0. The number of nitrogens with one attached hydrogen (secondary N) is 1. The number of methoxy groups -OCH3 is 1. The van der Waals surface area contributed by atoms with E-state index in [4.69, 9.17) is 9.26 Å². The lowest BCUT2D eigenvalue weighted by atomic mass is 9.76. The molecule has 20 heavy (non-hydrogen) atoms. The first-order chi connectivity index (χ1) is 9.31. The van der Waals surface area contributed by atoms with Crippen LogP contribution in [0.25, 0.3) is 0 Å².